The third-order valence-electron chi connectivity index (χ3n) is 3.84. The van der Waals surface area contributed by atoms with Crippen LogP contribution in [0.2, 0.25) is 0 Å². The smallest absolute Gasteiger partial charge is 0.405 e. The molecule has 0 aliphatic carbocycles. The molecule has 28 heavy (non-hydrogen) atoms. The van der Waals surface area contributed by atoms with Gasteiger partial charge in [-0.25, -0.2) is 0 Å². The van der Waals surface area contributed by atoms with Gasteiger partial charge in [-0.3, -0.25) is 9.59 Å². The highest BCUT2D eigenvalue weighted by Gasteiger charge is 2.32. The number of para-hydroxylation sites is 1. The van der Waals surface area contributed by atoms with Crippen molar-refractivity contribution in [1.82, 2.24) is 5.32 Å². The summed E-state index contributed by atoms with van der Waals surface area (Å²) in [7, 11) is 0. The number of alkyl halides is 3. The Morgan fingerprint density at radius 1 is 1.11 bits per heavy atom. The maximum atomic E-state index is 12.5. The van der Waals surface area contributed by atoms with Gasteiger partial charge in [0.2, 0.25) is 0 Å². The molecular weight excluding hydrogens is 379 g/mol. The highest BCUT2D eigenvalue weighted by molar-refractivity contribution is 5.98. The van der Waals surface area contributed by atoms with E-state index in [1.807, 2.05) is 0 Å². The number of hydrogen-bond acceptors (Lipinski definition) is 5. The lowest BCUT2D eigenvalue weighted by atomic mass is 10.0. The van der Waals surface area contributed by atoms with Crippen LogP contribution < -0.4 is 10.1 Å². The molecule has 0 fully saturated rings. The highest BCUT2D eigenvalue weighted by Crippen LogP contribution is 2.33. The van der Waals surface area contributed by atoms with Crippen LogP contribution in [0.5, 0.6) is 5.75 Å². The van der Waals surface area contributed by atoms with Crippen molar-refractivity contribution in [2.45, 2.75) is 25.4 Å². The van der Waals surface area contributed by atoms with E-state index in [4.69, 9.17) is 5.11 Å². The third-order valence-corrected chi connectivity index (χ3v) is 3.84. The lowest BCUT2D eigenvalue weighted by Gasteiger charge is -2.19. The zero-order chi connectivity index (χ0) is 20.9. The molecule has 3 N–H and O–H groups in total. The Morgan fingerprint density at radius 3 is 2.25 bits per heavy atom. The summed E-state index contributed by atoms with van der Waals surface area (Å²) in [6.07, 6.45) is -6.06. The first-order chi connectivity index (χ1) is 13.1. The fraction of sp³-hybridized carbons (Fsp3) is 0.263. The number of amides is 1. The van der Waals surface area contributed by atoms with Crippen molar-refractivity contribution in [3.63, 3.8) is 0 Å². The molecule has 9 heteroatoms. The summed E-state index contributed by atoms with van der Waals surface area (Å²) < 4.78 is 41.7. The van der Waals surface area contributed by atoms with E-state index in [0.29, 0.717) is 5.56 Å². The standard InChI is InChI=1S/C19H18F3NO5/c1-11(25)17(15(26)10-24)23-18(27)13-8-6-12(7-9-13)14-4-2-3-5-16(14)28-19(20,21)22/h2-9,11,17,24-25H,10H2,1H3,(H,23,27)/t11-,17+/m1/s1. The molecule has 0 spiro atoms. The number of aliphatic hydroxyl groups excluding tert-OH is 2. The fourth-order valence-electron chi connectivity index (χ4n) is 2.51. The number of carbonyl (C=O) groups excluding carboxylic acids is 2. The summed E-state index contributed by atoms with van der Waals surface area (Å²) >= 11 is 0. The molecule has 6 nitrogen and oxygen atoms in total. The molecule has 0 aliphatic rings. The van der Waals surface area contributed by atoms with E-state index in [2.05, 4.69) is 10.1 Å². The van der Waals surface area contributed by atoms with Crippen LogP contribution in [0.4, 0.5) is 13.2 Å². The van der Waals surface area contributed by atoms with Crippen molar-refractivity contribution in [3.05, 3.63) is 54.1 Å². The Labute approximate surface area is 158 Å². The van der Waals surface area contributed by atoms with Crippen molar-refractivity contribution < 1.29 is 37.7 Å². The minimum absolute atomic E-state index is 0.120. The number of ketones is 1. The predicted molar refractivity (Wildman–Crippen MR) is 93.6 cm³/mol. The van der Waals surface area contributed by atoms with Crippen LogP contribution in [0, 0.1) is 0 Å². The summed E-state index contributed by atoms with van der Waals surface area (Å²) in [5, 5.41) is 20.8. The van der Waals surface area contributed by atoms with Gasteiger partial charge in [0, 0.05) is 11.1 Å². The number of carbonyl (C=O) groups is 2. The number of rotatable bonds is 7. The van der Waals surface area contributed by atoms with Gasteiger partial charge in [0.25, 0.3) is 5.91 Å². The maximum absolute atomic E-state index is 12.5. The molecule has 2 aromatic rings. The van der Waals surface area contributed by atoms with Crippen LogP contribution in [0.1, 0.15) is 17.3 Å². The molecule has 0 saturated heterocycles. The van der Waals surface area contributed by atoms with Crippen molar-refractivity contribution in [1.29, 1.82) is 0 Å². The maximum Gasteiger partial charge on any atom is 0.573 e. The summed E-state index contributed by atoms with van der Waals surface area (Å²) in [5.74, 6) is -1.81. The average Bonchev–Trinajstić information content (AvgIpc) is 2.64. The number of ether oxygens (including phenoxy) is 1. The van der Waals surface area contributed by atoms with Crippen molar-refractivity contribution in [2.75, 3.05) is 6.61 Å². The van der Waals surface area contributed by atoms with Gasteiger partial charge in [-0.2, -0.15) is 0 Å². The SMILES string of the molecule is C[C@@H](O)[C@H](NC(=O)c1ccc(-c2ccccc2OC(F)(F)F)cc1)C(=O)CO. The topological polar surface area (TPSA) is 95.9 Å². The number of benzene rings is 2. The van der Waals surface area contributed by atoms with Gasteiger partial charge in [0.05, 0.1) is 6.10 Å². The Morgan fingerprint density at radius 2 is 1.71 bits per heavy atom. The molecule has 0 aliphatic heterocycles. The summed E-state index contributed by atoms with van der Waals surface area (Å²) in [6.45, 7) is 0.448. The normalized spacial score (nSPS) is 13.5. The van der Waals surface area contributed by atoms with E-state index in [1.54, 1.807) is 6.07 Å². The zero-order valence-corrected chi connectivity index (χ0v) is 14.7. The van der Waals surface area contributed by atoms with Crippen LogP contribution in [-0.4, -0.2) is 47.0 Å². The zero-order valence-electron chi connectivity index (χ0n) is 14.7. The second kappa shape index (κ2) is 8.85. The van der Waals surface area contributed by atoms with Gasteiger partial charge in [0.15, 0.2) is 5.78 Å². The van der Waals surface area contributed by atoms with Crippen LogP contribution in [-0.2, 0) is 4.79 Å². The van der Waals surface area contributed by atoms with Crippen molar-refractivity contribution >= 4 is 11.7 Å². The Hall–Kier alpha value is -2.91. The van der Waals surface area contributed by atoms with Gasteiger partial charge < -0.3 is 20.3 Å². The van der Waals surface area contributed by atoms with Crippen LogP contribution in [0.15, 0.2) is 48.5 Å². The van der Waals surface area contributed by atoms with Gasteiger partial charge >= 0.3 is 6.36 Å². The van der Waals surface area contributed by atoms with E-state index < -0.39 is 36.8 Å². The number of aliphatic hydroxyl groups is 2. The quantitative estimate of drug-likeness (QED) is 0.666. The Balaban J connectivity index is 2.22. The van der Waals surface area contributed by atoms with E-state index in [-0.39, 0.29) is 16.9 Å². The number of halogens is 3. The average molecular weight is 397 g/mol. The molecule has 2 atom stereocenters. The van der Waals surface area contributed by atoms with Crippen LogP contribution in [0.25, 0.3) is 11.1 Å². The Bertz CT molecular complexity index is 834. The fourth-order valence-corrected chi connectivity index (χ4v) is 2.51. The Kier molecular flexibility index (Phi) is 6.76. The molecule has 0 aromatic heterocycles. The first-order valence-corrected chi connectivity index (χ1v) is 8.20. The molecule has 0 bridgehead atoms. The van der Waals surface area contributed by atoms with Gasteiger partial charge in [-0.1, -0.05) is 30.3 Å². The van der Waals surface area contributed by atoms with E-state index in [9.17, 15) is 27.9 Å². The van der Waals surface area contributed by atoms with Crippen LogP contribution in [0.3, 0.4) is 0 Å². The molecule has 150 valence electrons. The van der Waals surface area contributed by atoms with Crippen LogP contribution >= 0.6 is 0 Å². The molecule has 2 aromatic carbocycles. The molecule has 2 rings (SSSR count). The monoisotopic (exact) mass is 397 g/mol. The summed E-state index contributed by atoms with van der Waals surface area (Å²) in [6, 6.07) is 9.87. The lowest BCUT2D eigenvalue weighted by molar-refractivity contribution is -0.274. The minimum Gasteiger partial charge on any atom is -0.405 e. The summed E-state index contributed by atoms with van der Waals surface area (Å²) in [4.78, 5) is 23.8. The number of nitrogens with one attached hydrogen (secondary N) is 1. The first kappa shape index (κ1) is 21.4. The van der Waals surface area contributed by atoms with Gasteiger partial charge in [-0.15, -0.1) is 13.2 Å². The van der Waals surface area contributed by atoms with Crippen molar-refractivity contribution in [2.24, 2.45) is 0 Å². The third kappa shape index (κ3) is 5.54. The largest absolute Gasteiger partial charge is 0.573 e. The lowest BCUT2D eigenvalue weighted by Crippen LogP contribution is -2.48. The highest BCUT2D eigenvalue weighted by atomic mass is 19.4. The molecule has 0 heterocycles. The minimum atomic E-state index is -4.84. The van der Waals surface area contributed by atoms with E-state index >= 15 is 0 Å². The second-order valence-corrected chi connectivity index (χ2v) is 5.94. The molecule has 0 unspecified atom stereocenters. The molecule has 0 radical (unpaired) electrons. The number of Topliss-reactive ketones (excluding diaryl/α,β-unsaturated/α-hetero) is 1. The molecule has 1 amide bonds. The van der Waals surface area contributed by atoms with Gasteiger partial charge in [-0.05, 0) is 30.7 Å². The number of hydrogen-bond donors (Lipinski definition) is 3. The van der Waals surface area contributed by atoms with E-state index in [0.717, 1.165) is 0 Å². The first-order valence-electron chi connectivity index (χ1n) is 8.20. The van der Waals surface area contributed by atoms with Gasteiger partial charge in [0.1, 0.15) is 18.4 Å². The predicted octanol–water partition coefficient (Wildman–Crippen LogP) is 2.29. The second-order valence-electron chi connectivity index (χ2n) is 5.94. The van der Waals surface area contributed by atoms with E-state index in [1.165, 1.54) is 49.4 Å². The summed E-state index contributed by atoms with van der Waals surface area (Å²) in [5.41, 5.74) is 0.688. The molecular formula is C19H18F3NO5. The molecule has 0 saturated carbocycles. The van der Waals surface area contributed by atoms with Crippen molar-refractivity contribution in [3.8, 4) is 16.9 Å².